The monoisotopic (exact) mass is 526 g/mol. The third-order valence-corrected chi connectivity index (χ3v) is 4.54. The summed E-state index contributed by atoms with van der Waals surface area (Å²) in [7, 11) is 3.37. The molecule has 0 saturated carbocycles. The molecular formula is C20H24ClIN6O. The van der Waals surface area contributed by atoms with Gasteiger partial charge in [0, 0.05) is 24.2 Å². The van der Waals surface area contributed by atoms with Gasteiger partial charge in [-0.25, -0.2) is 4.98 Å². The van der Waals surface area contributed by atoms with Crippen molar-refractivity contribution in [1.82, 2.24) is 25.8 Å². The molecule has 2 aromatic carbocycles. The van der Waals surface area contributed by atoms with Gasteiger partial charge < -0.3 is 15.4 Å². The van der Waals surface area contributed by atoms with Crippen molar-refractivity contribution in [3.8, 4) is 17.1 Å². The van der Waals surface area contributed by atoms with E-state index in [2.05, 4.69) is 30.8 Å². The Hall–Kier alpha value is -2.33. The van der Waals surface area contributed by atoms with E-state index in [0.717, 1.165) is 40.7 Å². The molecule has 0 unspecified atom stereocenters. The fraction of sp³-hybridized carbons (Fsp3) is 0.250. The van der Waals surface area contributed by atoms with E-state index in [-0.39, 0.29) is 24.0 Å². The van der Waals surface area contributed by atoms with Gasteiger partial charge in [-0.2, -0.15) is 5.10 Å². The number of benzene rings is 2. The molecule has 0 aliphatic rings. The van der Waals surface area contributed by atoms with Crippen molar-refractivity contribution in [3.05, 3.63) is 64.9 Å². The van der Waals surface area contributed by atoms with Crippen molar-refractivity contribution < 1.29 is 4.74 Å². The van der Waals surface area contributed by atoms with Crippen LogP contribution in [0.3, 0.4) is 0 Å². The van der Waals surface area contributed by atoms with Crippen LogP contribution < -0.4 is 15.4 Å². The Labute approximate surface area is 192 Å². The Kier molecular flexibility index (Phi) is 9.20. The average molecular weight is 527 g/mol. The predicted molar refractivity (Wildman–Crippen MR) is 127 cm³/mol. The zero-order valence-corrected chi connectivity index (χ0v) is 19.4. The maximum Gasteiger partial charge on any atom is 0.191 e. The second-order valence-electron chi connectivity index (χ2n) is 6.03. The maximum atomic E-state index is 6.18. The summed E-state index contributed by atoms with van der Waals surface area (Å²) in [5, 5.41) is 14.5. The van der Waals surface area contributed by atoms with Crippen LogP contribution in [0.4, 0.5) is 0 Å². The molecule has 3 aromatic rings. The lowest BCUT2D eigenvalue weighted by atomic mass is 10.1. The van der Waals surface area contributed by atoms with Gasteiger partial charge in [-0.15, -0.1) is 24.0 Å². The summed E-state index contributed by atoms with van der Waals surface area (Å²) in [5.41, 5.74) is 2.03. The molecule has 3 rings (SSSR count). The van der Waals surface area contributed by atoms with Crippen molar-refractivity contribution in [3.63, 3.8) is 0 Å². The van der Waals surface area contributed by atoms with Gasteiger partial charge in [0.25, 0.3) is 0 Å². The first kappa shape index (κ1) is 23.0. The highest BCUT2D eigenvalue weighted by atomic mass is 127. The van der Waals surface area contributed by atoms with Crippen LogP contribution >= 0.6 is 35.6 Å². The number of aromatic amines is 1. The summed E-state index contributed by atoms with van der Waals surface area (Å²) in [5.74, 6) is 2.85. The lowest BCUT2D eigenvalue weighted by Crippen LogP contribution is -2.38. The average Bonchev–Trinajstić information content (AvgIpc) is 3.21. The fourth-order valence-electron chi connectivity index (χ4n) is 2.65. The quantitative estimate of drug-likeness (QED) is 0.249. The topological polar surface area (TPSA) is 87.2 Å². The molecule has 0 spiro atoms. The molecule has 154 valence electrons. The summed E-state index contributed by atoms with van der Waals surface area (Å²) in [6.45, 7) is 1.20. The normalized spacial score (nSPS) is 10.9. The van der Waals surface area contributed by atoms with Crippen LogP contribution in [-0.2, 0) is 13.0 Å². The molecule has 0 bridgehead atoms. The zero-order valence-electron chi connectivity index (χ0n) is 16.3. The fourth-order valence-corrected chi connectivity index (χ4v) is 2.88. The van der Waals surface area contributed by atoms with E-state index in [1.165, 1.54) is 0 Å². The van der Waals surface area contributed by atoms with Crippen LogP contribution in [0.2, 0.25) is 5.02 Å². The van der Waals surface area contributed by atoms with Crippen LogP contribution in [0.15, 0.2) is 53.5 Å². The molecule has 0 aliphatic carbocycles. The van der Waals surface area contributed by atoms with Crippen molar-refractivity contribution in [2.24, 2.45) is 4.99 Å². The highest BCUT2D eigenvalue weighted by Gasteiger charge is 2.07. The highest BCUT2D eigenvalue weighted by molar-refractivity contribution is 14.0. The minimum atomic E-state index is 0. The lowest BCUT2D eigenvalue weighted by molar-refractivity contribution is 0.415. The molecule has 0 atom stereocenters. The Morgan fingerprint density at radius 3 is 2.59 bits per heavy atom. The minimum absolute atomic E-state index is 0. The van der Waals surface area contributed by atoms with E-state index in [1.54, 1.807) is 14.2 Å². The van der Waals surface area contributed by atoms with Crippen molar-refractivity contribution >= 4 is 41.5 Å². The molecule has 1 heterocycles. The summed E-state index contributed by atoms with van der Waals surface area (Å²) < 4.78 is 5.17. The molecule has 1 aromatic heterocycles. The lowest BCUT2D eigenvalue weighted by Gasteiger charge is -2.11. The van der Waals surface area contributed by atoms with E-state index in [9.17, 15) is 0 Å². The van der Waals surface area contributed by atoms with Crippen LogP contribution in [0.5, 0.6) is 5.75 Å². The Bertz CT molecular complexity index is 929. The number of hydrogen-bond donors (Lipinski definition) is 3. The number of nitrogens with zero attached hydrogens (tertiary/aromatic N) is 3. The molecule has 0 aliphatic heterocycles. The number of ether oxygens (including phenoxy) is 1. The first-order valence-electron chi connectivity index (χ1n) is 8.93. The largest absolute Gasteiger partial charge is 0.497 e. The van der Waals surface area contributed by atoms with Crippen LogP contribution in [-0.4, -0.2) is 41.8 Å². The number of H-pyrrole nitrogens is 1. The van der Waals surface area contributed by atoms with Gasteiger partial charge in [0.05, 0.1) is 13.7 Å². The van der Waals surface area contributed by atoms with Gasteiger partial charge in [-0.3, -0.25) is 10.1 Å². The first-order valence-corrected chi connectivity index (χ1v) is 9.31. The summed E-state index contributed by atoms with van der Waals surface area (Å²) in [6, 6.07) is 15.4. The number of nitrogens with one attached hydrogen (secondary N) is 3. The van der Waals surface area contributed by atoms with E-state index < -0.39 is 0 Å². The molecule has 29 heavy (non-hydrogen) atoms. The highest BCUT2D eigenvalue weighted by Crippen LogP contribution is 2.19. The molecule has 9 heteroatoms. The van der Waals surface area contributed by atoms with Gasteiger partial charge in [0.1, 0.15) is 11.6 Å². The van der Waals surface area contributed by atoms with Gasteiger partial charge in [0.2, 0.25) is 0 Å². The molecule has 0 radical (unpaired) electrons. The van der Waals surface area contributed by atoms with Crippen molar-refractivity contribution in [2.45, 2.75) is 13.0 Å². The number of halogens is 2. The second-order valence-corrected chi connectivity index (χ2v) is 6.44. The SMILES string of the molecule is CN=C(NCCc1ccccc1Cl)NCc1nc(-c2ccc(OC)cc2)n[nH]1.I. The van der Waals surface area contributed by atoms with E-state index in [0.29, 0.717) is 18.3 Å². The van der Waals surface area contributed by atoms with E-state index in [1.807, 2.05) is 48.5 Å². The Morgan fingerprint density at radius 1 is 1.14 bits per heavy atom. The smallest absolute Gasteiger partial charge is 0.191 e. The molecule has 7 nitrogen and oxygen atoms in total. The Balaban J connectivity index is 0.00000300. The molecule has 0 fully saturated rings. The first-order chi connectivity index (χ1) is 13.7. The van der Waals surface area contributed by atoms with E-state index >= 15 is 0 Å². The molecule has 3 N–H and O–H groups in total. The summed E-state index contributed by atoms with van der Waals surface area (Å²) in [4.78, 5) is 8.74. The van der Waals surface area contributed by atoms with Gasteiger partial charge >= 0.3 is 0 Å². The minimum Gasteiger partial charge on any atom is -0.497 e. The van der Waals surface area contributed by atoms with Gasteiger partial charge in [-0.1, -0.05) is 29.8 Å². The van der Waals surface area contributed by atoms with Crippen molar-refractivity contribution in [2.75, 3.05) is 20.7 Å². The standard InChI is InChI=1S/C20H23ClN6O.HI/c1-22-20(23-12-11-14-5-3-4-6-17(14)21)24-13-18-25-19(27-26-18)15-7-9-16(28-2)10-8-15;/h3-10H,11-13H2,1-2H3,(H2,22,23,24)(H,25,26,27);1H. The predicted octanol–water partition coefficient (Wildman–Crippen LogP) is 3.66. The van der Waals surface area contributed by atoms with Crippen LogP contribution in [0.25, 0.3) is 11.4 Å². The summed E-state index contributed by atoms with van der Waals surface area (Å²) in [6.07, 6.45) is 0.810. The Morgan fingerprint density at radius 2 is 1.90 bits per heavy atom. The molecule has 0 saturated heterocycles. The number of aliphatic imine (C=N–C) groups is 1. The van der Waals surface area contributed by atoms with Gasteiger partial charge in [0.15, 0.2) is 11.8 Å². The number of rotatable bonds is 7. The third-order valence-electron chi connectivity index (χ3n) is 4.17. The van der Waals surface area contributed by atoms with Crippen LogP contribution in [0, 0.1) is 0 Å². The maximum absolute atomic E-state index is 6.18. The molecule has 0 amide bonds. The second kappa shape index (κ2) is 11.6. The number of hydrogen-bond acceptors (Lipinski definition) is 4. The van der Waals surface area contributed by atoms with E-state index in [4.69, 9.17) is 16.3 Å². The van der Waals surface area contributed by atoms with Crippen LogP contribution in [0.1, 0.15) is 11.4 Å². The zero-order chi connectivity index (χ0) is 19.8. The number of methoxy groups -OCH3 is 1. The molecular weight excluding hydrogens is 503 g/mol. The number of guanidine groups is 1. The number of aromatic nitrogens is 3. The van der Waals surface area contributed by atoms with Crippen molar-refractivity contribution in [1.29, 1.82) is 0 Å². The van der Waals surface area contributed by atoms with Gasteiger partial charge in [-0.05, 0) is 42.3 Å². The summed E-state index contributed by atoms with van der Waals surface area (Å²) >= 11 is 6.18. The third kappa shape index (κ3) is 6.60.